The van der Waals surface area contributed by atoms with Crippen LogP contribution < -0.4 is 18.9 Å². The first kappa shape index (κ1) is 26.4. The Kier molecular flexibility index (Phi) is 7.87. The number of benzene rings is 2. The van der Waals surface area contributed by atoms with Crippen molar-refractivity contribution in [2.45, 2.75) is 26.6 Å². The molecule has 0 radical (unpaired) electrons. The molecule has 0 aliphatic carbocycles. The molecule has 1 fully saturated rings. The van der Waals surface area contributed by atoms with Crippen molar-refractivity contribution in [3.8, 4) is 23.0 Å². The maximum atomic E-state index is 13.1. The topological polar surface area (TPSA) is 107 Å². The Hall–Kier alpha value is -4.25. The number of carbonyl (C=O) groups is 2. The second-order valence-corrected chi connectivity index (χ2v) is 9.41. The van der Waals surface area contributed by atoms with Crippen LogP contribution in [0.3, 0.4) is 0 Å². The Balaban J connectivity index is 1.34. The second-order valence-electron chi connectivity index (χ2n) is 9.41. The highest BCUT2D eigenvalue weighted by Crippen LogP contribution is 2.34. The molecule has 2 aliphatic rings. The van der Waals surface area contributed by atoms with Crippen molar-refractivity contribution < 1.29 is 33.0 Å². The number of ether oxygens (including phenoxy) is 4. The smallest absolute Gasteiger partial charge is 0.275 e. The van der Waals surface area contributed by atoms with Crippen LogP contribution in [0.1, 0.15) is 34.4 Å². The minimum absolute atomic E-state index is 0.0149. The van der Waals surface area contributed by atoms with E-state index in [1.807, 2.05) is 36.4 Å². The molecule has 2 aromatic carbocycles. The number of nitrogens with zero attached hydrogens (tertiary/aromatic N) is 4. The van der Waals surface area contributed by atoms with E-state index in [9.17, 15) is 9.59 Å². The molecule has 11 nitrogen and oxygen atoms in total. The zero-order valence-electron chi connectivity index (χ0n) is 22.3. The molecule has 1 saturated heterocycles. The van der Waals surface area contributed by atoms with E-state index in [-0.39, 0.29) is 24.3 Å². The van der Waals surface area contributed by atoms with Crippen LogP contribution in [-0.4, -0.2) is 78.7 Å². The normalized spacial score (nSPS) is 14.6. The Morgan fingerprint density at radius 1 is 0.949 bits per heavy atom. The third-order valence-corrected chi connectivity index (χ3v) is 6.86. The molecule has 0 saturated carbocycles. The number of hydrogen-bond acceptors (Lipinski definition) is 9. The zero-order chi connectivity index (χ0) is 27.4. The molecule has 3 aromatic rings. The van der Waals surface area contributed by atoms with Crippen molar-refractivity contribution in [1.29, 1.82) is 0 Å². The van der Waals surface area contributed by atoms with E-state index in [1.165, 1.54) is 13.2 Å². The van der Waals surface area contributed by atoms with Crippen LogP contribution in [0.15, 0.2) is 47.1 Å². The number of fused-ring (bicyclic) bond motifs is 1. The molecule has 0 unspecified atom stereocenters. The summed E-state index contributed by atoms with van der Waals surface area (Å²) in [5, 5.41) is 0. The molecule has 0 N–H and O–H groups in total. The molecule has 0 atom stereocenters. The van der Waals surface area contributed by atoms with Gasteiger partial charge >= 0.3 is 0 Å². The molecule has 0 bridgehead atoms. The predicted molar refractivity (Wildman–Crippen MR) is 140 cm³/mol. The highest BCUT2D eigenvalue weighted by Gasteiger charge is 2.26. The summed E-state index contributed by atoms with van der Waals surface area (Å²) in [5.74, 6) is 2.96. The van der Waals surface area contributed by atoms with Crippen LogP contribution in [-0.2, 0) is 24.4 Å². The largest absolute Gasteiger partial charge is 0.493 e. The number of amides is 2. The van der Waals surface area contributed by atoms with Gasteiger partial charge in [0.2, 0.25) is 18.6 Å². The number of rotatable bonds is 9. The molecule has 2 aliphatic heterocycles. The number of piperazine rings is 1. The van der Waals surface area contributed by atoms with Gasteiger partial charge in [-0.15, -0.1) is 0 Å². The lowest BCUT2D eigenvalue weighted by molar-refractivity contribution is -0.130. The molecule has 206 valence electrons. The van der Waals surface area contributed by atoms with Gasteiger partial charge in [-0.05, 0) is 23.8 Å². The highest BCUT2D eigenvalue weighted by atomic mass is 16.7. The van der Waals surface area contributed by atoms with E-state index in [1.54, 1.807) is 24.0 Å². The minimum Gasteiger partial charge on any atom is -0.493 e. The van der Waals surface area contributed by atoms with Gasteiger partial charge in [-0.1, -0.05) is 18.2 Å². The standard InChI is InChI=1S/C28H32N4O7/c1-19(33)31-9-11-32(12-10-31)28(34)22-17-37-26(29-22)16-30(14-20-7-8-23-25(13-20)39-18-38-23)15-21-5-4-6-24(35-2)27(21)36-3/h4-8,13,17H,9-12,14-16,18H2,1-3H3. The van der Waals surface area contributed by atoms with E-state index in [0.717, 1.165) is 16.9 Å². The third-order valence-electron chi connectivity index (χ3n) is 6.86. The van der Waals surface area contributed by atoms with E-state index in [4.69, 9.17) is 23.4 Å². The van der Waals surface area contributed by atoms with E-state index >= 15 is 0 Å². The fourth-order valence-electron chi connectivity index (χ4n) is 4.84. The number of oxazole rings is 1. The van der Waals surface area contributed by atoms with E-state index in [0.29, 0.717) is 69.0 Å². The number of hydrogen-bond donors (Lipinski definition) is 0. The van der Waals surface area contributed by atoms with Crippen LogP contribution >= 0.6 is 0 Å². The summed E-state index contributed by atoms with van der Waals surface area (Å²) in [6.07, 6.45) is 1.40. The average molecular weight is 537 g/mol. The van der Waals surface area contributed by atoms with Crippen LogP contribution in [0.5, 0.6) is 23.0 Å². The number of aromatic nitrogens is 1. The fraction of sp³-hybridized carbons (Fsp3) is 0.393. The first-order chi connectivity index (χ1) is 18.9. The van der Waals surface area contributed by atoms with Gasteiger partial charge < -0.3 is 33.2 Å². The quantitative estimate of drug-likeness (QED) is 0.408. The maximum absolute atomic E-state index is 13.1. The average Bonchev–Trinajstić information content (AvgIpc) is 3.62. The van der Waals surface area contributed by atoms with Gasteiger partial charge in [-0.2, -0.15) is 0 Å². The molecule has 0 spiro atoms. The van der Waals surface area contributed by atoms with Gasteiger partial charge in [0.15, 0.2) is 28.7 Å². The SMILES string of the molecule is COc1cccc(CN(Cc2ccc3c(c2)OCO3)Cc2nc(C(=O)N3CCN(C(C)=O)CC3)co2)c1OC. The summed E-state index contributed by atoms with van der Waals surface area (Å²) >= 11 is 0. The fourth-order valence-corrected chi connectivity index (χ4v) is 4.84. The lowest BCUT2D eigenvalue weighted by Gasteiger charge is -2.33. The molecule has 11 heteroatoms. The van der Waals surface area contributed by atoms with Gasteiger partial charge in [0.1, 0.15) is 6.26 Å². The Morgan fingerprint density at radius 3 is 2.46 bits per heavy atom. The molecule has 39 heavy (non-hydrogen) atoms. The minimum atomic E-state index is -0.204. The second kappa shape index (κ2) is 11.6. The van der Waals surface area contributed by atoms with E-state index in [2.05, 4.69) is 9.88 Å². The Morgan fingerprint density at radius 2 is 1.72 bits per heavy atom. The molecular weight excluding hydrogens is 504 g/mol. The van der Waals surface area contributed by atoms with Crippen molar-refractivity contribution in [1.82, 2.24) is 19.7 Å². The summed E-state index contributed by atoms with van der Waals surface area (Å²) in [4.78, 5) is 34.7. The summed E-state index contributed by atoms with van der Waals surface area (Å²) in [6.45, 7) is 5.11. The van der Waals surface area contributed by atoms with Gasteiger partial charge in [-0.3, -0.25) is 14.5 Å². The summed E-state index contributed by atoms with van der Waals surface area (Å²) in [5.41, 5.74) is 2.21. The maximum Gasteiger partial charge on any atom is 0.275 e. The van der Waals surface area contributed by atoms with Gasteiger partial charge in [0.05, 0.1) is 20.8 Å². The van der Waals surface area contributed by atoms with Gasteiger partial charge in [0, 0.05) is 51.8 Å². The highest BCUT2D eigenvalue weighted by molar-refractivity contribution is 5.92. The summed E-state index contributed by atoms with van der Waals surface area (Å²) in [7, 11) is 3.23. The first-order valence-corrected chi connectivity index (χ1v) is 12.7. The predicted octanol–water partition coefficient (Wildman–Crippen LogP) is 2.93. The zero-order valence-corrected chi connectivity index (χ0v) is 22.3. The molecular formula is C28H32N4O7. The summed E-state index contributed by atoms with van der Waals surface area (Å²) in [6, 6.07) is 11.6. The van der Waals surface area contributed by atoms with Crippen LogP contribution in [0.4, 0.5) is 0 Å². The Bertz CT molecular complexity index is 1330. The molecule has 3 heterocycles. The molecule has 2 amide bonds. The van der Waals surface area contributed by atoms with E-state index < -0.39 is 0 Å². The molecule has 5 rings (SSSR count). The van der Waals surface area contributed by atoms with Crippen molar-refractivity contribution in [2.75, 3.05) is 47.2 Å². The molecule has 1 aromatic heterocycles. The van der Waals surface area contributed by atoms with Gasteiger partial charge in [-0.25, -0.2) is 4.98 Å². The van der Waals surface area contributed by atoms with Crippen molar-refractivity contribution in [3.05, 3.63) is 65.4 Å². The van der Waals surface area contributed by atoms with Crippen LogP contribution in [0.2, 0.25) is 0 Å². The van der Waals surface area contributed by atoms with Crippen molar-refractivity contribution in [2.24, 2.45) is 0 Å². The lowest BCUT2D eigenvalue weighted by atomic mass is 10.1. The van der Waals surface area contributed by atoms with Crippen LogP contribution in [0.25, 0.3) is 0 Å². The number of methoxy groups -OCH3 is 2. The first-order valence-electron chi connectivity index (χ1n) is 12.7. The Labute approximate surface area is 226 Å². The van der Waals surface area contributed by atoms with Crippen molar-refractivity contribution >= 4 is 11.8 Å². The van der Waals surface area contributed by atoms with Crippen molar-refractivity contribution in [3.63, 3.8) is 0 Å². The van der Waals surface area contributed by atoms with Crippen LogP contribution in [0, 0.1) is 0 Å². The lowest BCUT2D eigenvalue weighted by Crippen LogP contribution is -2.50. The summed E-state index contributed by atoms with van der Waals surface area (Å²) < 4.78 is 27.9. The third kappa shape index (κ3) is 5.93. The van der Waals surface area contributed by atoms with Gasteiger partial charge in [0.25, 0.3) is 5.91 Å². The number of para-hydroxylation sites is 1. The number of carbonyl (C=O) groups excluding carboxylic acids is 2. The monoisotopic (exact) mass is 536 g/mol.